The summed E-state index contributed by atoms with van der Waals surface area (Å²) in [7, 11) is 0. The Balaban J connectivity index is 2.21. The maximum Gasteiger partial charge on any atom is 0.335 e. The van der Waals surface area contributed by atoms with Crippen LogP contribution in [0.25, 0.3) is 0 Å². The number of urea groups is 1. The molecule has 2 rings (SSSR count). The van der Waals surface area contributed by atoms with Gasteiger partial charge in [-0.2, -0.15) is 0 Å². The average molecular weight is 294 g/mol. The minimum atomic E-state index is -0.996. The van der Waals surface area contributed by atoms with Gasteiger partial charge in [0.25, 0.3) is 0 Å². The van der Waals surface area contributed by atoms with E-state index in [1.807, 2.05) is 0 Å². The standard InChI is InChI=1S/C14H18N2O5/c17-7-5-15(6-8-18)14(21)16-4-3-10-9-11(13(19)20)1-2-12(10)16/h1-2,9,17-18H,3-8H2,(H,19,20). The molecule has 1 aromatic carbocycles. The van der Waals surface area contributed by atoms with Gasteiger partial charge in [0.1, 0.15) is 0 Å². The number of carboxylic acid groups (broad SMARTS) is 1. The molecule has 1 aromatic rings. The van der Waals surface area contributed by atoms with Crippen molar-refractivity contribution in [3.05, 3.63) is 29.3 Å². The quantitative estimate of drug-likeness (QED) is 0.718. The maximum absolute atomic E-state index is 12.4. The summed E-state index contributed by atoms with van der Waals surface area (Å²) >= 11 is 0. The summed E-state index contributed by atoms with van der Waals surface area (Å²) in [6, 6.07) is 4.38. The Kier molecular flexibility index (Phi) is 4.77. The number of hydrogen-bond donors (Lipinski definition) is 3. The Morgan fingerprint density at radius 2 is 1.86 bits per heavy atom. The third-order valence-electron chi connectivity index (χ3n) is 3.46. The average Bonchev–Trinajstić information content (AvgIpc) is 2.89. The highest BCUT2D eigenvalue weighted by Crippen LogP contribution is 2.29. The predicted molar refractivity (Wildman–Crippen MR) is 75.6 cm³/mol. The van der Waals surface area contributed by atoms with E-state index in [1.54, 1.807) is 17.0 Å². The topological polar surface area (TPSA) is 101 Å². The largest absolute Gasteiger partial charge is 0.478 e. The summed E-state index contributed by atoms with van der Waals surface area (Å²) in [5.74, 6) is -0.996. The lowest BCUT2D eigenvalue weighted by Crippen LogP contribution is -2.45. The van der Waals surface area contributed by atoms with Gasteiger partial charge in [-0.25, -0.2) is 9.59 Å². The Morgan fingerprint density at radius 3 is 2.43 bits per heavy atom. The molecule has 0 unspecified atom stereocenters. The normalized spacial score (nSPS) is 13.1. The Bertz CT molecular complexity index is 540. The second-order valence-corrected chi connectivity index (χ2v) is 4.77. The van der Waals surface area contributed by atoms with Gasteiger partial charge in [-0.05, 0) is 30.2 Å². The third kappa shape index (κ3) is 3.14. The zero-order valence-electron chi connectivity index (χ0n) is 11.5. The van der Waals surface area contributed by atoms with Crippen molar-refractivity contribution in [3.63, 3.8) is 0 Å². The van der Waals surface area contributed by atoms with Crippen LogP contribution in [0.4, 0.5) is 10.5 Å². The van der Waals surface area contributed by atoms with Crippen molar-refractivity contribution in [1.82, 2.24) is 4.90 Å². The van der Waals surface area contributed by atoms with Crippen LogP contribution in [0.5, 0.6) is 0 Å². The fourth-order valence-electron chi connectivity index (χ4n) is 2.45. The molecule has 2 amide bonds. The van der Waals surface area contributed by atoms with Gasteiger partial charge in [-0.3, -0.25) is 4.90 Å². The second-order valence-electron chi connectivity index (χ2n) is 4.77. The van der Waals surface area contributed by atoms with Crippen molar-refractivity contribution >= 4 is 17.7 Å². The van der Waals surface area contributed by atoms with Crippen molar-refractivity contribution in [2.24, 2.45) is 0 Å². The first kappa shape index (κ1) is 15.3. The molecule has 3 N–H and O–H groups in total. The Hall–Kier alpha value is -2.12. The van der Waals surface area contributed by atoms with E-state index in [1.165, 1.54) is 11.0 Å². The molecular formula is C14H18N2O5. The van der Waals surface area contributed by atoms with Gasteiger partial charge in [0.15, 0.2) is 0 Å². The number of fused-ring (bicyclic) bond motifs is 1. The van der Waals surface area contributed by atoms with Crippen LogP contribution in [0.2, 0.25) is 0 Å². The van der Waals surface area contributed by atoms with E-state index in [-0.39, 0.29) is 37.9 Å². The number of carbonyl (C=O) groups is 2. The van der Waals surface area contributed by atoms with Crippen molar-refractivity contribution in [3.8, 4) is 0 Å². The summed E-state index contributed by atoms with van der Waals surface area (Å²) in [5, 5.41) is 27.0. The van der Waals surface area contributed by atoms with Crippen LogP contribution in [0.1, 0.15) is 15.9 Å². The smallest absolute Gasteiger partial charge is 0.335 e. The number of carbonyl (C=O) groups excluding carboxylic acids is 1. The monoisotopic (exact) mass is 294 g/mol. The molecular weight excluding hydrogens is 276 g/mol. The second kappa shape index (κ2) is 6.55. The van der Waals surface area contributed by atoms with Gasteiger partial charge < -0.3 is 20.2 Å². The minimum Gasteiger partial charge on any atom is -0.478 e. The molecule has 0 bridgehead atoms. The fourth-order valence-corrected chi connectivity index (χ4v) is 2.45. The first-order chi connectivity index (χ1) is 10.1. The first-order valence-electron chi connectivity index (χ1n) is 6.73. The molecule has 21 heavy (non-hydrogen) atoms. The predicted octanol–water partition coefficient (Wildman–Crippen LogP) is 0.154. The van der Waals surface area contributed by atoms with Gasteiger partial charge in [0.2, 0.25) is 0 Å². The minimum absolute atomic E-state index is 0.151. The summed E-state index contributed by atoms with van der Waals surface area (Å²) in [5.41, 5.74) is 1.70. The maximum atomic E-state index is 12.4. The van der Waals surface area contributed by atoms with Crippen LogP contribution in [0.15, 0.2) is 18.2 Å². The van der Waals surface area contributed by atoms with E-state index < -0.39 is 5.97 Å². The molecule has 0 atom stereocenters. The van der Waals surface area contributed by atoms with E-state index in [0.29, 0.717) is 18.7 Å². The number of nitrogens with zero attached hydrogens (tertiary/aromatic N) is 2. The molecule has 1 aliphatic heterocycles. The number of amides is 2. The van der Waals surface area contributed by atoms with Crippen molar-refractivity contribution in [1.29, 1.82) is 0 Å². The number of rotatable bonds is 5. The van der Waals surface area contributed by atoms with E-state index >= 15 is 0 Å². The fraction of sp³-hybridized carbons (Fsp3) is 0.429. The molecule has 0 fully saturated rings. The van der Waals surface area contributed by atoms with Crippen LogP contribution in [-0.2, 0) is 6.42 Å². The SMILES string of the molecule is O=C(O)c1ccc2c(c1)CCN2C(=O)N(CCO)CCO. The molecule has 0 radical (unpaired) electrons. The zero-order valence-corrected chi connectivity index (χ0v) is 11.5. The van der Waals surface area contributed by atoms with E-state index in [4.69, 9.17) is 15.3 Å². The van der Waals surface area contributed by atoms with Crippen LogP contribution in [0, 0.1) is 0 Å². The van der Waals surface area contributed by atoms with Crippen molar-refractivity contribution < 1.29 is 24.9 Å². The molecule has 0 aliphatic carbocycles. The van der Waals surface area contributed by atoms with Crippen LogP contribution in [0.3, 0.4) is 0 Å². The molecule has 1 heterocycles. The van der Waals surface area contributed by atoms with E-state index in [9.17, 15) is 9.59 Å². The zero-order chi connectivity index (χ0) is 15.4. The van der Waals surface area contributed by atoms with Crippen molar-refractivity contribution in [2.75, 3.05) is 37.7 Å². The van der Waals surface area contributed by atoms with Gasteiger partial charge in [0.05, 0.1) is 18.8 Å². The lowest BCUT2D eigenvalue weighted by Gasteiger charge is -2.27. The Labute approximate surface area is 122 Å². The molecule has 0 saturated heterocycles. The number of aliphatic hydroxyl groups is 2. The number of carboxylic acids is 1. The number of aromatic carboxylic acids is 1. The molecule has 0 spiro atoms. The van der Waals surface area contributed by atoms with Crippen LogP contribution >= 0.6 is 0 Å². The number of aliphatic hydroxyl groups excluding tert-OH is 2. The first-order valence-corrected chi connectivity index (χ1v) is 6.73. The van der Waals surface area contributed by atoms with Crippen molar-refractivity contribution in [2.45, 2.75) is 6.42 Å². The summed E-state index contributed by atoms with van der Waals surface area (Å²) in [6.45, 7) is 0.413. The van der Waals surface area contributed by atoms with E-state index in [0.717, 1.165) is 5.56 Å². The molecule has 114 valence electrons. The van der Waals surface area contributed by atoms with Gasteiger partial charge in [0, 0.05) is 25.3 Å². The highest BCUT2D eigenvalue weighted by Gasteiger charge is 2.28. The lowest BCUT2D eigenvalue weighted by atomic mass is 10.1. The molecule has 7 nitrogen and oxygen atoms in total. The summed E-state index contributed by atoms with van der Waals surface area (Å²) < 4.78 is 0. The highest BCUT2D eigenvalue weighted by atomic mass is 16.4. The molecule has 0 saturated carbocycles. The Morgan fingerprint density at radius 1 is 1.19 bits per heavy atom. The number of benzene rings is 1. The van der Waals surface area contributed by atoms with Crippen LogP contribution < -0.4 is 4.90 Å². The molecule has 7 heteroatoms. The van der Waals surface area contributed by atoms with Gasteiger partial charge in [-0.15, -0.1) is 0 Å². The lowest BCUT2D eigenvalue weighted by molar-refractivity contribution is 0.0697. The third-order valence-corrected chi connectivity index (χ3v) is 3.46. The molecule has 1 aliphatic rings. The number of anilines is 1. The number of hydrogen-bond acceptors (Lipinski definition) is 4. The summed E-state index contributed by atoms with van der Waals surface area (Å²) in [6.07, 6.45) is 0.592. The van der Waals surface area contributed by atoms with Crippen LogP contribution in [-0.4, -0.2) is 65.1 Å². The summed E-state index contributed by atoms with van der Waals surface area (Å²) in [4.78, 5) is 26.3. The van der Waals surface area contributed by atoms with E-state index in [2.05, 4.69) is 0 Å². The molecule has 0 aromatic heterocycles. The van der Waals surface area contributed by atoms with Gasteiger partial charge in [-0.1, -0.05) is 0 Å². The highest BCUT2D eigenvalue weighted by molar-refractivity contribution is 5.96. The van der Waals surface area contributed by atoms with Gasteiger partial charge >= 0.3 is 12.0 Å².